The highest BCUT2D eigenvalue weighted by atomic mass is 15.4. The van der Waals surface area contributed by atoms with Gasteiger partial charge < -0.3 is 10.2 Å². The molecule has 0 spiro atoms. The third-order valence-corrected chi connectivity index (χ3v) is 4.20. The second kappa shape index (κ2) is 5.07. The van der Waals surface area contributed by atoms with Crippen LogP contribution in [0.1, 0.15) is 33.1 Å². The van der Waals surface area contributed by atoms with E-state index in [2.05, 4.69) is 41.2 Å². The van der Waals surface area contributed by atoms with E-state index >= 15 is 0 Å². The first-order chi connectivity index (χ1) is 9.59. The summed E-state index contributed by atoms with van der Waals surface area (Å²) in [5.74, 6) is 1.74. The zero-order valence-corrected chi connectivity index (χ0v) is 12.6. The Bertz CT molecular complexity index is 474. The van der Waals surface area contributed by atoms with Crippen molar-refractivity contribution in [2.75, 3.05) is 20.1 Å². The van der Waals surface area contributed by atoms with Gasteiger partial charge in [-0.05, 0) is 25.2 Å². The standard InChI is InChI=1S/C14H24N6/c1-11(2)6-12-7-19(3)13(18-12)16-8-14(4-5-14)20-10-15-9-17-20/h9-12H,4-8H2,1-3H3,(H,16,18). The minimum atomic E-state index is 0.0855. The Labute approximate surface area is 120 Å². The zero-order valence-electron chi connectivity index (χ0n) is 12.6. The van der Waals surface area contributed by atoms with Crippen molar-refractivity contribution in [3.05, 3.63) is 12.7 Å². The molecule has 1 aliphatic carbocycles. The summed E-state index contributed by atoms with van der Waals surface area (Å²) in [5, 5.41) is 7.82. The number of nitrogens with zero attached hydrogens (tertiary/aromatic N) is 5. The van der Waals surface area contributed by atoms with Crippen LogP contribution in [0.3, 0.4) is 0 Å². The third-order valence-electron chi connectivity index (χ3n) is 4.20. The van der Waals surface area contributed by atoms with Gasteiger partial charge in [0, 0.05) is 19.6 Å². The smallest absolute Gasteiger partial charge is 0.194 e. The summed E-state index contributed by atoms with van der Waals surface area (Å²) in [4.78, 5) is 11.1. The Kier molecular flexibility index (Phi) is 3.40. The summed E-state index contributed by atoms with van der Waals surface area (Å²) in [5.41, 5.74) is 0.0855. The predicted octanol–water partition coefficient (Wildman–Crippen LogP) is 1.07. The van der Waals surface area contributed by atoms with E-state index in [1.54, 1.807) is 12.7 Å². The number of guanidine groups is 1. The maximum absolute atomic E-state index is 4.79. The molecule has 0 bridgehead atoms. The van der Waals surface area contributed by atoms with Crippen molar-refractivity contribution in [2.24, 2.45) is 10.9 Å². The van der Waals surface area contributed by atoms with Crippen molar-refractivity contribution in [2.45, 2.75) is 44.7 Å². The first-order valence-corrected chi connectivity index (χ1v) is 7.46. The highest BCUT2D eigenvalue weighted by Crippen LogP contribution is 2.42. The van der Waals surface area contributed by atoms with Crippen LogP contribution in [0.5, 0.6) is 0 Å². The molecule has 20 heavy (non-hydrogen) atoms. The van der Waals surface area contributed by atoms with Gasteiger partial charge in [-0.25, -0.2) is 9.67 Å². The molecule has 1 aromatic rings. The maximum Gasteiger partial charge on any atom is 0.194 e. The molecular formula is C14H24N6. The molecule has 0 amide bonds. The van der Waals surface area contributed by atoms with Crippen LogP contribution >= 0.6 is 0 Å². The Morgan fingerprint density at radius 1 is 1.50 bits per heavy atom. The molecule has 2 aliphatic rings. The second-order valence-corrected chi connectivity index (χ2v) is 6.56. The van der Waals surface area contributed by atoms with Crippen LogP contribution in [-0.4, -0.2) is 51.8 Å². The van der Waals surface area contributed by atoms with Gasteiger partial charge in [-0.2, -0.15) is 5.10 Å². The van der Waals surface area contributed by atoms with E-state index in [0.717, 1.165) is 31.9 Å². The fraction of sp³-hybridized carbons (Fsp3) is 0.786. The van der Waals surface area contributed by atoms with E-state index in [9.17, 15) is 0 Å². The lowest BCUT2D eigenvalue weighted by Crippen LogP contribution is -2.31. The van der Waals surface area contributed by atoms with E-state index in [1.807, 2.05) is 4.68 Å². The van der Waals surface area contributed by atoms with Crippen molar-refractivity contribution >= 4 is 5.96 Å². The first-order valence-electron chi connectivity index (χ1n) is 7.46. The third kappa shape index (κ3) is 2.64. The zero-order chi connectivity index (χ0) is 14.2. The van der Waals surface area contributed by atoms with Gasteiger partial charge in [-0.15, -0.1) is 0 Å². The van der Waals surface area contributed by atoms with Crippen molar-refractivity contribution in [3.8, 4) is 0 Å². The maximum atomic E-state index is 4.79. The quantitative estimate of drug-likeness (QED) is 0.874. The molecule has 1 N–H and O–H groups in total. The number of nitrogens with one attached hydrogen (secondary N) is 1. The van der Waals surface area contributed by atoms with Crippen molar-refractivity contribution in [1.29, 1.82) is 0 Å². The van der Waals surface area contributed by atoms with Crippen LogP contribution in [0, 0.1) is 5.92 Å². The van der Waals surface area contributed by atoms with Crippen LogP contribution in [0.15, 0.2) is 17.6 Å². The lowest BCUT2D eigenvalue weighted by atomic mass is 10.0. The van der Waals surface area contributed by atoms with Crippen LogP contribution in [0.25, 0.3) is 0 Å². The van der Waals surface area contributed by atoms with Gasteiger partial charge in [-0.3, -0.25) is 4.99 Å². The number of likely N-dealkylation sites (N-methyl/N-ethyl adjacent to an activating group) is 1. The molecule has 2 fully saturated rings. The van der Waals surface area contributed by atoms with Crippen LogP contribution in [-0.2, 0) is 5.54 Å². The summed E-state index contributed by atoms with van der Waals surface area (Å²) < 4.78 is 1.97. The fourth-order valence-electron chi connectivity index (χ4n) is 2.90. The van der Waals surface area contributed by atoms with Crippen molar-refractivity contribution in [3.63, 3.8) is 0 Å². The molecule has 1 saturated heterocycles. The summed E-state index contributed by atoms with van der Waals surface area (Å²) in [6, 6.07) is 0.528. The second-order valence-electron chi connectivity index (χ2n) is 6.56. The Morgan fingerprint density at radius 3 is 2.90 bits per heavy atom. The van der Waals surface area contributed by atoms with E-state index in [-0.39, 0.29) is 5.54 Å². The van der Waals surface area contributed by atoms with Crippen molar-refractivity contribution in [1.82, 2.24) is 25.0 Å². The lowest BCUT2D eigenvalue weighted by molar-refractivity contribution is 0.432. The van der Waals surface area contributed by atoms with Gasteiger partial charge in [0.25, 0.3) is 0 Å². The minimum absolute atomic E-state index is 0.0855. The molecule has 0 aromatic carbocycles. The molecule has 1 saturated carbocycles. The highest BCUT2D eigenvalue weighted by Gasteiger charge is 2.45. The summed E-state index contributed by atoms with van der Waals surface area (Å²) in [6.07, 6.45) is 6.89. The van der Waals surface area contributed by atoms with E-state index in [0.29, 0.717) is 12.0 Å². The molecule has 0 radical (unpaired) electrons. The number of rotatable bonds is 5. The van der Waals surface area contributed by atoms with Gasteiger partial charge >= 0.3 is 0 Å². The van der Waals surface area contributed by atoms with Crippen molar-refractivity contribution < 1.29 is 0 Å². The van der Waals surface area contributed by atoms with Crippen LogP contribution < -0.4 is 5.32 Å². The number of hydrogen-bond acceptors (Lipinski definition) is 3. The fourth-order valence-corrected chi connectivity index (χ4v) is 2.90. The molecule has 1 atom stereocenters. The Hall–Kier alpha value is -1.59. The lowest BCUT2D eigenvalue weighted by Gasteiger charge is -2.15. The molecule has 1 aromatic heterocycles. The average molecular weight is 276 g/mol. The Balaban J connectivity index is 1.62. The molecule has 2 heterocycles. The van der Waals surface area contributed by atoms with E-state index < -0.39 is 0 Å². The average Bonchev–Trinajstić information content (AvgIpc) is 2.84. The van der Waals surface area contributed by atoms with Crippen LogP contribution in [0.2, 0.25) is 0 Å². The van der Waals surface area contributed by atoms with Gasteiger partial charge in [0.2, 0.25) is 0 Å². The predicted molar refractivity (Wildman–Crippen MR) is 78.5 cm³/mol. The molecule has 3 rings (SSSR count). The molecule has 1 aliphatic heterocycles. The summed E-state index contributed by atoms with van der Waals surface area (Å²) in [6.45, 7) is 6.37. The molecule has 1 unspecified atom stereocenters. The topological polar surface area (TPSA) is 58.3 Å². The number of aliphatic imine (C=N–C) groups is 1. The highest BCUT2D eigenvalue weighted by molar-refractivity contribution is 5.82. The van der Waals surface area contributed by atoms with E-state index in [1.165, 1.54) is 6.42 Å². The van der Waals surface area contributed by atoms with Gasteiger partial charge in [0.05, 0.1) is 12.1 Å². The SMILES string of the molecule is CC(C)CC1CN(C)C(=NCC2(n3cncn3)CC2)N1. The monoisotopic (exact) mass is 276 g/mol. The first kappa shape index (κ1) is 13.4. The molecular weight excluding hydrogens is 252 g/mol. The number of hydrogen-bond donors (Lipinski definition) is 1. The number of aromatic nitrogens is 3. The van der Waals surface area contributed by atoms with Gasteiger partial charge in [-0.1, -0.05) is 13.8 Å². The largest absolute Gasteiger partial charge is 0.352 e. The van der Waals surface area contributed by atoms with Gasteiger partial charge in [0.1, 0.15) is 12.7 Å². The normalized spacial score (nSPS) is 26.3. The Morgan fingerprint density at radius 2 is 2.30 bits per heavy atom. The molecule has 110 valence electrons. The summed E-state index contributed by atoms with van der Waals surface area (Å²) in [7, 11) is 2.11. The molecule has 6 heteroatoms. The van der Waals surface area contributed by atoms with E-state index in [4.69, 9.17) is 4.99 Å². The minimum Gasteiger partial charge on any atom is -0.352 e. The summed E-state index contributed by atoms with van der Waals surface area (Å²) >= 11 is 0. The van der Waals surface area contributed by atoms with Gasteiger partial charge in [0.15, 0.2) is 5.96 Å². The van der Waals surface area contributed by atoms with Crippen LogP contribution in [0.4, 0.5) is 0 Å². The molecule has 6 nitrogen and oxygen atoms in total.